The number of aliphatic carboxylic acids is 1. The van der Waals surface area contributed by atoms with Gasteiger partial charge in [0.2, 0.25) is 23.6 Å². The fraction of sp³-hybridized carbons (Fsp3) is 0.604. The highest BCUT2D eigenvalue weighted by Crippen LogP contribution is 2.31. The van der Waals surface area contributed by atoms with Gasteiger partial charge in [0.15, 0.2) is 0 Å². The van der Waals surface area contributed by atoms with Gasteiger partial charge in [0, 0.05) is 26.8 Å². The summed E-state index contributed by atoms with van der Waals surface area (Å²) in [7, 11) is 2.36. The molecular formula is C48H72F3N5O11S. The van der Waals surface area contributed by atoms with E-state index in [1.54, 1.807) is 46.4 Å². The number of amides is 4. The topological polar surface area (TPSA) is 221 Å². The van der Waals surface area contributed by atoms with Gasteiger partial charge in [-0.15, -0.1) is 0 Å². The van der Waals surface area contributed by atoms with Gasteiger partial charge >= 0.3 is 12.1 Å². The van der Waals surface area contributed by atoms with Crippen LogP contribution in [0.4, 0.5) is 13.2 Å². The molecule has 1 saturated heterocycles. The number of halogens is 3. The van der Waals surface area contributed by atoms with Crippen LogP contribution in [0.2, 0.25) is 0 Å². The van der Waals surface area contributed by atoms with Crippen molar-refractivity contribution < 1.29 is 64.7 Å². The molecule has 3 rings (SSSR count). The van der Waals surface area contributed by atoms with Crippen LogP contribution in [-0.2, 0) is 50.0 Å². The lowest BCUT2D eigenvalue weighted by molar-refractivity contribution is -0.192. The Hall–Kier alpha value is -4.73. The molecule has 68 heavy (non-hydrogen) atoms. The number of hydrogen-bond acceptors (Lipinski definition) is 11. The maximum Gasteiger partial charge on any atom is 0.490 e. The highest BCUT2D eigenvalue weighted by Gasteiger charge is 2.44. The SMILES string of the molecule is CC[C@H](C)[C@@H]([C@@H](CC(=O)N1CCC[C@H]1[C@H](OC)[C@@H](C)C(=O)N[C@H](/C=C/c1ccc(S(=O)(=O)O)cc1)Cc1ccccc1)OC)N(C)[C@H](C(=O)NC(=O)[C@@H](NC)C(C)C)C(C)C.O=C(O)C(F)(F)F. The molecule has 1 heterocycles. The number of ether oxygens (including phenoxy) is 2. The molecule has 9 atom stereocenters. The van der Waals surface area contributed by atoms with Crippen LogP contribution in [0.25, 0.3) is 6.08 Å². The number of likely N-dealkylation sites (tertiary alicyclic amines) is 1. The molecule has 0 spiro atoms. The van der Waals surface area contributed by atoms with E-state index in [1.165, 1.54) is 12.1 Å². The Labute approximate surface area is 399 Å². The van der Waals surface area contributed by atoms with Gasteiger partial charge < -0.3 is 30.1 Å². The molecular weight excluding hydrogens is 912 g/mol. The van der Waals surface area contributed by atoms with Crippen molar-refractivity contribution in [2.75, 3.05) is 34.9 Å². The minimum Gasteiger partial charge on any atom is -0.475 e. The van der Waals surface area contributed by atoms with Crippen molar-refractivity contribution in [2.45, 2.75) is 134 Å². The number of carbonyl (C=O) groups excluding carboxylic acids is 4. The van der Waals surface area contributed by atoms with Crippen LogP contribution < -0.4 is 16.0 Å². The minimum absolute atomic E-state index is 0.0203. The molecule has 2 aromatic carbocycles. The van der Waals surface area contributed by atoms with E-state index in [2.05, 4.69) is 29.8 Å². The van der Waals surface area contributed by atoms with Crippen LogP contribution in [0.15, 0.2) is 65.6 Å². The molecule has 0 aromatic heterocycles. The maximum atomic E-state index is 14.4. The quantitative estimate of drug-likeness (QED) is 0.0856. The Morgan fingerprint density at radius 1 is 0.912 bits per heavy atom. The number of carbonyl (C=O) groups is 5. The lowest BCUT2D eigenvalue weighted by Gasteiger charge is -2.43. The molecule has 1 fully saturated rings. The maximum absolute atomic E-state index is 14.4. The zero-order valence-corrected chi connectivity index (χ0v) is 41.8. The molecule has 4 amide bonds. The first kappa shape index (κ1) is 59.4. The summed E-state index contributed by atoms with van der Waals surface area (Å²) >= 11 is 0. The monoisotopic (exact) mass is 983 g/mol. The van der Waals surface area contributed by atoms with E-state index in [4.69, 9.17) is 19.4 Å². The summed E-state index contributed by atoms with van der Waals surface area (Å²) in [6.45, 7) is 14.1. The summed E-state index contributed by atoms with van der Waals surface area (Å²) in [5.74, 6) is -4.74. The van der Waals surface area contributed by atoms with Crippen molar-refractivity contribution >= 4 is 45.8 Å². The summed E-state index contributed by atoms with van der Waals surface area (Å²) in [4.78, 5) is 67.8. The van der Waals surface area contributed by atoms with Crippen LogP contribution in [0.3, 0.4) is 0 Å². The number of hydrogen-bond donors (Lipinski definition) is 5. The molecule has 382 valence electrons. The second kappa shape index (κ2) is 27.5. The number of likely N-dealkylation sites (N-methyl/N-ethyl adjacent to an activating group) is 2. The summed E-state index contributed by atoms with van der Waals surface area (Å²) in [6.07, 6.45) is 0.0142. The third kappa shape index (κ3) is 17.7. The van der Waals surface area contributed by atoms with Crippen molar-refractivity contribution in [3.05, 3.63) is 71.8 Å². The van der Waals surface area contributed by atoms with E-state index < -0.39 is 64.4 Å². The Balaban J connectivity index is 0.00000209. The van der Waals surface area contributed by atoms with E-state index in [0.717, 1.165) is 18.4 Å². The van der Waals surface area contributed by atoms with Gasteiger partial charge in [-0.3, -0.25) is 33.9 Å². The number of rotatable bonds is 23. The van der Waals surface area contributed by atoms with Gasteiger partial charge in [-0.1, -0.05) is 110 Å². The molecule has 16 nitrogen and oxygen atoms in total. The summed E-state index contributed by atoms with van der Waals surface area (Å²) in [5.41, 5.74) is 1.68. The van der Waals surface area contributed by atoms with Crippen molar-refractivity contribution in [1.29, 1.82) is 0 Å². The fourth-order valence-electron chi connectivity index (χ4n) is 8.70. The number of nitrogens with zero attached hydrogens (tertiary/aromatic N) is 2. The highest BCUT2D eigenvalue weighted by molar-refractivity contribution is 7.85. The summed E-state index contributed by atoms with van der Waals surface area (Å²) < 4.78 is 76.3. The Bertz CT molecular complexity index is 2070. The standard InChI is InChI=1S/C46H71N5O9S.C2HF3O2/c1-12-31(6)42(50(9)41(30(4)5)46(55)49-45(54)40(47-8)29(2)3)38(59-10)28-39(52)51-26-16-19-37(51)43(60-11)32(7)44(53)48-35(27-34-17-14-13-15-18-34)23-20-33-21-24-36(25-22-33)61(56,57)58;3-2(4,5)1(6)7/h13-15,17-18,20-25,29-32,35,37-38,40-43,47H,12,16,19,26-28H2,1-11H3,(H,48,53)(H,49,54,55)(H,56,57,58);(H,6,7)/b23-20+;/t31-,32+,35+,37-,38+,40-,41-,42-,43+;/m0./s1. The lowest BCUT2D eigenvalue weighted by atomic mass is 9.87. The first-order valence-corrected chi connectivity index (χ1v) is 24.2. The molecule has 2 aromatic rings. The minimum atomic E-state index is -5.08. The fourth-order valence-corrected chi connectivity index (χ4v) is 9.18. The number of methoxy groups -OCH3 is 2. The Morgan fingerprint density at radius 3 is 1.97 bits per heavy atom. The van der Waals surface area contributed by atoms with Crippen LogP contribution in [0.5, 0.6) is 0 Å². The number of nitrogens with one attached hydrogen (secondary N) is 3. The van der Waals surface area contributed by atoms with E-state index in [1.807, 2.05) is 81.0 Å². The molecule has 0 radical (unpaired) electrons. The molecule has 0 saturated carbocycles. The van der Waals surface area contributed by atoms with E-state index >= 15 is 0 Å². The second-order valence-corrected chi connectivity index (χ2v) is 19.3. The van der Waals surface area contributed by atoms with Crippen LogP contribution in [0.1, 0.15) is 85.3 Å². The van der Waals surface area contributed by atoms with Crippen molar-refractivity contribution in [1.82, 2.24) is 25.8 Å². The number of carboxylic acid groups (broad SMARTS) is 1. The molecule has 0 unspecified atom stereocenters. The van der Waals surface area contributed by atoms with Gasteiger partial charge in [0.25, 0.3) is 10.1 Å². The van der Waals surface area contributed by atoms with Gasteiger partial charge in [-0.25, -0.2) is 4.79 Å². The van der Waals surface area contributed by atoms with Crippen LogP contribution >= 0.6 is 0 Å². The highest BCUT2D eigenvalue weighted by atomic mass is 32.2. The summed E-state index contributed by atoms with van der Waals surface area (Å²) in [5, 5.41) is 15.9. The van der Waals surface area contributed by atoms with Crippen molar-refractivity contribution in [3.8, 4) is 0 Å². The lowest BCUT2D eigenvalue weighted by Crippen LogP contribution is -2.60. The average molecular weight is 984 g/mol. The number of alkyl halides is 3. The van der Waals surface area contributed by atoms with E-state index in [0.29, 0.717) is 24.9 Å². The largest absolute Gasteiger partial charge is 0.490 e. The molecule has 1 aliphatic rings. The van der Waals surface area contributed by atoms with Crippen LogP contribution in [0, 0.1) is 23.7 Å². The van der Waals surface area contributed by atoms with Crippen molar-refractivity contribution in [3.63, 3.8) is 0 Å². The van der Waals surface area contributed by atoms with Crippen LogP contribution in [-0.4, -0.2) is 141 Å². The molecule has 1 aliphatic heterocycles. The second-order valence-electron chi connectivity index (χ2n) is 17.9. The van der Waals surface area contributed by atoms with Crippen molar-refractivity contribution in [2.24, 2.45) is 23.7 Å². The Kier molecular flexibility index (Phi) is 24.0. The Morgan fingerprint density at radius 2 is 1.50 bits per heavy atom. The molecule has 0 aliphatic carbocycles. The first-order chi connectivity index (χ1) is 31.7. The summed E-state index contributed by atoms with van der Waals surface area (Å²) in [6, 6.07) is 13.1. The normalized spacial score (nSPS) is 18.0. The zero-order chi connectivity index (χ0) is 51.7. The third-order valence-corrected chi connectivity index (χ3v) is 13.2. The average Bonchev–Trinajstić information content (AvgIpc) is 3.75. The smallest absolute Gasteiger partial charge is 0.475 e. The van der Waals surface area contributed by atoms with E-state index in [-0.39, 0.29) is 58.9 Å². The molecule has 5 N–H and O–H groups in total. The molecule has 20 heteroatoms. The zero-order valence-electron chi connectivity index (χ0n) is 40.9. The van der Waals surface area contributed by atoms with Gasteiger partial charge in [0.05, 0.1) is 53.6 Å². The van der Waals surface area contributed by atoms with Gasteiger partial charge in [-0.05, 0) is 74.4 Å². The number of carboxylic acids is 1. The van der Waals surface area contributed by atoms with Gasteiger partial charge in [-0.2, -0.15) is 21.6 Å². The van der Waals surface area contributed by atoms with E-state index in [9.17, 15) is 45.3 Å². The first-order valence-electron chi connectivity index (χ1n) is 22.7. The number of imide groups is 1. The van der Waals surface area contributed by atoms with Gasteiger partial charge in [0.1, 0.15) is 0 Å². The predicted molar refractivity (Wildman–Crippen MR) is 252 cm³/mol. The number of benzene rings is 2. The molecule has 0 bridgehead atoms. The third-order valence-electron chi connectivity index (χ3n) is 12.3. The predicted octanol–water partition coefficient (Wildman–Crippen LogP) is 5.61.